The van der Waals surface area contributed by atoms with Crippen LogP contribution in [-0.2, 0) is 16.6 Å². The standard InChI is InChI=1S/C15H26N2O3S2/c1-4-21-14-8-6-5-7-13(14)16-11-12-9-10-15(20-12)22(18,19)17(2)3/h9-10,13-14,16H,4-8,11H2,1-3H3/t13-,14-/m0/s1. The van der Waals surface area contributed by atoms with Crippen LogP contribution in [0.2, 0.25) is 0 Å². The monoisotopic (exact) mass is 346 g/mol. The third kappa shape index (κ3) is 4.28. The van der Waals surface area contributed by atoms with Crippen molar-refractivity contribution in [3.8, 4) is 0 Å². The summed E-state index contributed by atoms with van der Waals surface area (Å²) < 4.78 is 30.7. The molecule has 1 fully saturated rings. The molecule has 126 valence electrons. The van der Waals surface area contributed by atoms with E-state index < -0.39 is 10.0 Å². The zero-order chi connectivity index (χ0) is 16.2. The lowest BCUT2D eigenvalue weighted by Gasteiger charge is -2.31. The van der Waals surface area contributed by atoms with Crippen LogP contribution in [-0.4, -0.2) is 43.9 Å². The van der Waals surface area contributed by atoms with Crippen LogP contribution in [0.25, 0.3) is 0 Å². The molecule has 2 rings (SSSR count). The van der Waals surface area contributed by atoms with Gasteiger partial charge in [0.2, 0.25) is 5.09 Å². The third-order valence-electron chi connectivity index (χ3n) is 3.99. The molecule has 1 aromatic rings. The molecule has 0 aliphatic heterocycles. The third-order valence-corrected chi connectivity index (χ3v) is 7.01. The Morgan fingerprint density at radius 3 is 2.73 bits per heavy atom. The first-order chi connectivity index (χ1) is 10.4. The van der Waals surface area contributed by atoms with Crippen molar-refractivity contribution in [1.29, 1.82) is 0 Å². The molecule has 1 aliphatic carbocycles. The molecule has 0 saturated heterocycles. The van der Waals surface area contributed by atoms with Crippen LogP contribution in [0.3, 0.4) is 0 Å². The highest BCUT2D eigenvalue weighted by molar-refractivity contribution is 7.99. The van der Waals surface area contributed by atoms with E-state index in [2.05, 4.69) is 12.2 Å². The zero-order valence-corrected chi connectivity index (χ0v) is 15.2. The van der Waals surface area contributed by atoms with Crippen LogP contribution in [0.4, 0.5) is 0 Å². The molecule has 7 heteroatoms. The Kier molecular flexibility index (Phi) is 6.37. The van der Waals surface area contributed by atoms with Crippen LogP contribution >= 0.6 is 11.8 Å². The van der Waals surface area contributed by atoms with Crippen LogP contribution in [0, 0.1) is 0 Å². The quantitative estimate of drug-likeness (QED) is 0.822. The van der Waals surface area contributed by atoms with Gasteiger partial charge in [0.05, 0.1) is 6.54 Å². The Labute approximate surface area is 137 Å². The van der Waals surface area contributed by atoms with Crippen molar-refractivity contribution in [2.75, 3.05) is 19.8 Å². The SMILES string of the molecule is CCS[C@H]1CCCC[C@@H]1NCc1ccc(S(=O)(=O)N(C)C)o1. The number of thioether (sulfide) groups is 1. The summed E-state index contributed by atoms with van der Waals surface area (Å²) in [6, 6.07) is 3.76. The predicted octanol–water partition coefficient (Wildman–Crippen LogP) is 2.68. The average Bonchev–Trinajstić information content (AvgIpc) is 2.96. The molecule has 1 aliphatic rings. The van der Waals surface area contributed by atoms with E-state index in [0.717, 1.165) is 10.1 Å². The number of nitrogens with one attached hydrogen (secondary N) is 1. The van der Waals surface area contributed by atoms with E-state index in [9.17, 15) is 8.42 Å². The first-order valence-electron chi connectivity index (χ1n) is 7.81. The van der Waals surface area contributed by atoms with E-state index in [1.165, 1.54) is 45.8 Å². The normalized spacial score (nSPS) is 23.1. The second-order valence-corrected chi connectivity index (χ2v) is 9.37. The number of rotatable bonds is 7. The van der Waals surface area contributed by atoms with Crippen molar-refractivity contribution in [3.05, 3.63) is 17.9 Å². The Morgan fingerprint density at radius 2 is 2.05 bits per heavy atom. The van der Waals surface area contributed by atoms with Crippen LogP contribution in [0.15, 0.2) is 21.6 Å². The van der Waals surface area contributed by atoms with Crippen molar-refractivity contribution >= 4 is 21.8 Å². The highest BCUT2D eigenvalue weighted by Crippen LogP contribution is 2.29. The minimum atomic E-state index is -3.48. The second kappa shape index (κ2) is 7.86. The molecule has 1 saturated carbocycles. The van der Waals surface area contributed by atoms with Gasteiger partial charge in [0.1, 0.15) is 5.76 Å². The topological polar surface area (TPSA) is 62.6 Å². The van der Waals surface area contributed by atoms with Gasteiger partial charge < -0.3 is 9.73 Å². The molecule has 1 heterocycles. The van der Waals surface area contributed by atoms with Gasteiger partial charge in [-0.25, -0.2) is 12.7 Å². The van der Waals surface area contributed by atoms with Crippen LogP contribution < -0.4 is 5.32 Å². The highest BCUT2D eigenvalue weighted by Gasteiger charge is 2.25. The predicted molar refractivity (Wildman–Crippen MR) is 90.6 cm³/mol. The Balaban J connectivity index is 1.96. The fourth-order valence-corrected chi connectivity index (χ4v) is 4.79. The molecule has 0 unspecified atom stereocenters. The van der Waals surface area contributed by atoms with Crippen molar-refractivity contribution in [2.45, 2.75) is 55.5 Å². The molecular weight excluding hydrogens is 320 g/mol. The summed E-state index contributed by atoms with van der Waals surface area (Å²) in [7, 11) is -0.475. The van der Waals surface area contributed by atoms with Gasteiger partial charge in [0.15, 0.2) is 0 Å². The molecular formula is C15H26N2O3S2. The van der Waals surface area contributed by atoms with Gasteiger partial charge in [0, 0.05) is 25.4 Å². The number of hydrogen-bond acceptors (Lipinski definition) is 5. The molecule has 0 spiro atoms. The van der Waals surface area contributed by atoms with Gasteiger partial charge in [-0.1, -0.05) is 19.8 Å². The molecule has 2 atom stereocenters. The molecule has 1 aromatic heterocycles. The number of nitrogens with zero attached hydrogens (tertiary/aromatic N) is 1. The fourth-order valence-electron chi connectivity index (χ4n) is 2.75. The van der Waals surface area contributed by atoms with Crippen molar-refractivity contribution in [3.63, 3.8) is 0 Å². The van der Waals surface area contributed by atoms with Crippen LogP contribution in [0.5, 0.6) is 0 Å². The lowest BCUT2D eigenvalue weighted by molar-refractivity contribution is 0.346. The minimum Gasteiger partial charge on any atom is -0.447 e. The lowest BCUT2D eigenvalue weighted by atomic mass is 9.95. The van der Waals surface area contributed by atoms with Crippen molar-refractivity contribution in [2.24, 2.45) is 0 Å². The summed E-state index contributed by atoms with van der Waals surface area (Å²) in [5.74, 6) is 1.81. The van der Waals surface area contributed by atoms with Crippen LogP contribution in [0.1, 0.15) is 38.4 Å². The molecule has 0 bridgehead atoms. The largest absolute Gasteiger partial charge is 0.447 e. The number of sulfonamides is 1. The first kappa shape index (κ1) is 17.8. The average molecular weight is 347 g/mol. The molecule has 0 aromatic carbocycles. The first-order valence-corrected chi connectivity index (χ1v) is 10.3. The maximum absolute atomic E-state index is 12.0. The summed E-state index contributed by atoms with van der Waals surface area (Å²) in [4.78, 5) is 0. The summed E-state index contributed by atoms with van der Waals surface area (Å²) in [6.45, 7) is 2.77. The molecule has 22 heavy (non-hydrogen) atoms. The van der Waals surface area contributed by atoms with Gasteiger partial charge in [-0.2, -0.15) is 11.8 Å². The second-order valence-electron chi connectivity index (χ2n) is 5.77. The van der Waals surface area contributed by atoms with Gasteiger partial charge in [-0.3, -0.25) is 0 Å². The van der Waals surface area contributed by atoms with E-state index in [-0.39, 0.29) is 5.09 Å². The Morgan fingerprint density at radius 1 is 1.32 bits per heavy atom. The summed E-state index contributed by atoms with van der Waals surface area (Å²) in [5.41, 5.74) is 0. The maximum atomic E-state index is 12.0. The molecule has 0 radical (unpaired) electrons. The van der Waals surface area contributed by atoms with Crippen molar-refractivity contribution in [1.82, 2.24) is 9.62 Å². The van der Waals surface area contributed by atoms with Gasteiger partial charge in [-0.15, -0.1) is 0 Å². The lowest BCUT2D eigenvalue weighted by Crippen LogP contribution is -2.40. The highest BCUT2D eigenvalue weighted by atomic mass is 32.2. The van der Waals surface area contributed by atoms with E-state index in [4.69, 9.17) is 4.42 Å². The molecule has 1 N–H and O–H groups in total. The molecule has 5 nitrogen and oxygen atoms in total. The van der Waals surface area contributed by atoms with Crippen molar-refractivity contribution < 1.29 is 12.8 Å². The minimum absolute atomic E-state index is 0.0115. The Hall–Kier alpha value is -0.500. The number of furan rings is 1. The maximum Gasteiger partial charge on any atom is 0.275 e. The van der Waals surface area contributed by atoms with E-state index in [1.54, 1.807) is 6.07 Å². The van der Waals surface area contributed by atoms with Gasteiger partial charge in [0.25, 0.3) is 10.0 Å². The van der Waals surface area contributed by atoms with E-state index in [1.807, 2.05) is 11.8 Å². The fraction of sp³-hybridized carbons (Fsp3) is 0.733. The zero-order valence-electron chi connectivity index (χ0n) is 13.5. The Bertz CT molecular complexity index is 567. The number of hydrogen-bond donors (Lipinski definition) is 1. The summed E-state index contributed by atoms with van der Waals surface area (Å²) >= 11 is 2.01. The summed E-state index contributed by atoms with van der Waals surface area (Å²) in [5, 5.41) is 4.21. The summed E-state index contributed by atoms with van der Waals surface area (Å²) in [6.07, 6.45) is 5.01. The van der Waals surface area contributed by atoms with Gasteiger partial charge in [-0.05, 0) is 30.7 Å². The van der Waals surface area contributed by atoms with E-state index in [0.29, 0.717) is 23.6 Å². The van der Waals surface area contributed by atoms with Gasteiger partial charge >= 0.3 is 0 Å². The molecule has 0 amide bonds. The smallest absolute Gasteiger partial charge is 0.275 e. The van der Waals surface area contributed by atoms with E-state index >= 15 is 0 Å².